The van der Waals surface area contributed by atoms with Crippen LogP contribution in [0, 0.1) is 0 Å². The summed E-state index contributed by atoms with van der Waals surface area (Å²) in [5.41, 5.74) is 7.75. The molecule has 2 aromatic heterocycles. The first-order valence-electron chi connectivity index (χ1n) is 10.7. The Morgan fingerprint density at radius 2 is 1.66 bits per heavy atom. The van der Waals surface area contributed by atoms with Crippen LogP contribution in [0.3, 0.4) is 0 Å². The summed E-state index contributed by atoms with van der Waals surface area (Å²) in [4.78, 5) is 7.00. The van der Waals surface area contributed by atoms with Crippen LogP contribution >= 0.6 is 0 Å². The predicted molar refractivity (Wildman–Crippen MR) is 131 cm³/mol. The van der Waals surface area contributed by atoms with Gasteiger partial charge in [-0.2, -0.15) is 4.58 Å². The number of nitrogens with one attached hydrogen (secondary N) is 2. The van der Waals surface area contributed by atoms with Crippen LogP contribution in [0.25, 0.3) is 28.4 Å². The molecule has 5 rings (SSSR count). The van der Waals surface area contributed by atoms with Crippen LogP contribution in [0.1, 0.15) is 25.1 Å². The number of benzene rings is 2. The summed E-state index contributed by atoms with van der Waals surface area (Å²) in [6.07, 6.45) is 4.29. The highest BCUT2D eigenvalue weighted by Gasteiger charge is 2.42. The van der Waals surface area contributed by atoms with E-state index in [0.717, 1.165) is 39.5 Å². The molecule has 1 aliphatic heterocycles. The van der Waals surface area contributed by atoms with Gasteiger partial charge in [0, 0.05) is 34.7 Å². The summed E-state index contributed by atoms with van der Waals surface area (Å²) in [6.45, 7) is 4.54. The highest BCUT2D eigenvalue weighted by atomic mass is 16.5. The number of hydrogen-bond donors (Lipinski definition) is 2. The van der Waals surface area contributed by atoms with Crippen molar-refractivity contribution in [2.24, 2.45) is 0 Å². The molecule has 5 nitrogen and oxygen atoms in total. The molecule has 162 valence electrons. The molecule has 2 aromatic carbocycles. The van der Waals surface area contributed by atoms with Crippen molar-refractivity contribution in [1.82, 2.24) is 9.97 Å². The van der Waals surface area contributed by atoms with Gasteiger partial charge >= 0.3 is 0 Å². The molecule has 0 saturated heterocycles. The minimum atomic E-state index is -0.0687. The summed E-state index contributed by atoms with van der Waals surface area (Å²) in [5, 5.41) is 1.10. The van der Waals surface area contributed by atoms with E-state index in [0.29, 0.717) is 0 Å². The van der Waals surface area contributed by atoms with Gasteiger partial charge in [-0.1, -0.05) is 18.2 Å². The number of ether oxygens (including phenoxy) is 2. The molecule has 1 aliphatic rings. The maximum atomic E-state index is 5.67. The van der Waals surface area contributed by atoms with Crippen LogP contribution in [0.15, 0.2) is 60.7 Å². The number of hydrogen-bond acceptors (Lipinski definition) is 2. The molecule has 0 atom stereocenters. The zero-order valence-electron chi connectivity index (χ0n) is 19.1. The Labute approximate surface area is 188 Å². The zero-order chi connectivity index (χ0) is 22.5. The smallest absolute Gasteiger partial charge is 0.209 e. The maximum Gasteiger partial charge on any atom is 0.209 e. The molecule has 0 radical (unpaired) electrons. The number of para-hydroxylation sites is 1. The number of fused-ring (bicyclic) bond motifs is 2. The molecule has 0 saturated carbocycles. The van der Waals surface area contributed by atoms with E-state index in [2.05, 4.69) is 77.9 Å². The number of aromatic nitrogens is 2. The Bertz CT molecular complexity index is 1390. The first kappa shape index (κ1) is 20.2. The molecule has 32 heavy (non-hydrogen) atoms. The van der Waals surface area contributed by atoms with Crippen LogP contribution in [0.5, 0.6) is 11.5 Å². The van der Waals surface area contributed by atoms with E-state index in [-0.39, 0.29) is 5.41 Å². The Hall–Kier alpha value is -3.73. The van der Waals surface area contributed by atoms with Crippen molar-refractivity contribution in [3.05, 3.63) is 71.9 Å². The molecule has 3 heterocycles. The lowest BCUT2D eigenvalue weighted by Gasteiger charge is -2.15. The molecule has 5 heteroatoms. The highest BCUT2D eigenvalue weighted by Crippen LogP contribution is 2.39. The van der Waals surface area contributed by atoms with Gasteiger partial charge in [0.05, 0.1) is 36.7 Å². The molecule has 2 N–H and O–H groups in total. The van der Waals surface area contributed by atoms with Crippen molar-refractivity contribution in [3.8, 4) is 22.9 Å². The Balaban J connectivity index is 1.51. The van der Waals surface area contributed by atoms with E-state index in [9.17, 15) is 0 Å². The number of allylic oxidation sites excluding steroid dienone is 1. The van der Waals surface area contributed by atoms with Gasteiger partial charge in [-0.05, 0) is 44.2 Å². The molecular formula is C27H28N3O2+. The lowest BCUT2D eigenvalue weighted by atomic mass is 9.81. The molecule has 0 unspecified atom stereocenters. The average Bonchev–Trinajstić information content (AvgIpc) is 3.46. The van der Waals surface area contributed by atoms with Crippen LogP contribution in [0.2, 0.25) is 0 Å². The van der Waals surface area contributed by atoms with Crippen molar-refractivity contribution >= 4 is 28.4 Å². The van der Waals surface area contributed by atoms with Crippen molar-refractivity contribution < 1.29 is 14.0 Å². The molecule has 4 aromatic rings. The summed E-state index contributed by atoms with van der Waals surface area (Å²) in [7, 11) is 5.52. The van der Waals surface area contributed by atoms with Gasteiger partial charge in [-0.15, -0.1) is 0 Å². The zero-order valence-corrected chi connectivity index (χ0v) is 19.1. The maximum absolute atomic E-state index is 5.67. The van der Waals surface area contributed by atoms with Gasteiger partial charge in [-0.3, -0.25) is 0 Å². The minimum absolute atomic E-state index is 0.0687. The van der Waals surface area contributed by atoms with Crippen LogP contribution < -0.4 is 9.47 Å². The van der Waals surface area contributed by atoms with Gasteiger partial charge in [0.25, 0.3) is 0 Å². The third-order valence-corrected chi connectivity index (χ3v) is 6.50. The topological polar surface area (TPSA) is 53.0 Å². The standard InChI is InChI=1S/C27H27N3O2/c1-27(2)19-8-6-7-9-24(19)30(3)26(27)13-12-21-25(32-5)16-23(29-21)22-15-17-14-18(31-4)10-11-20(17)28-22/h6-16H,1-5H3,(H,28,29)/p+1. The Kier molecular flexibility index (Phi) is 4.70. The fraction of sp³-hybridized carbons (Fsp3) is 0.222. The normalized spacial score (nSPS) is 15.0. The summed E-state index contributed by atoms with van der Waals surface area (Å²) in [6, 6.07) is 18.8. The SMILES string of the molecule is COc1ccc2[nH]c(-c3cc(OC)c(/C=C/C4=[N+](C)c5ccccc5C4(C)C)[nH]3)cc2c1. The van der Waals surface area contributed by atoms with E-state index in [1.54, 1.807) is 14.2 Å². The third kappa shape index (κ3) is 3.12. The number of rotatable bonds is 5. The van der Waals surface area contributed by atoms with Gasteiger partial charge < -0.3 is 19.4 Å². The number of methoxy groups -OCH3 is 2. The van der Waals surface area contributed by atoms with Crippen molar-refractivity contribution in [3.63, 3.8) is 0 Å². The van der Waals surface area contributed by atoms with Gasteiger partial charge in [0.2, 0.25) is 5.69 Å². The van der Waals surface area contributed by atoms with Crippen molar-refractivity contribution in [2.45, 2.75) is 19.3 Å². The molecular weight excluding hydrogens is 398 g/mol. The lowest BCUT2D eigenvalue weighted by molar-refractivity contribution is -0.401. The van der Waals surface area contributed by atoms with Gasteiger partial charge in [0.15, 0.2) is 5.71 Å². The Morgan fingerprint density at radius 1 is 0.875 bits per heavy atom. The second kappa shape index (κ2) is 7.45. The average molecular weight is 427 g/mol. The molecule has 0 aliphatic carbocycles. The highest BCUT2D eigenvalue weighted by molar-refractivity contribution is 6.05. The first-order valence-corrected chi connectivity index (χ1v) is 10.7. The van der Waals surface area contributed by atoms with Crippen LogP contribution in [-0.2, 0) is 5.41 Å². The number of aromatic amines is 2. The summed E-state index contributed by atoms with van der Waals surface area (Å²) >= 11 is 0. The van der Waals surface area contributed by atoms with Crippen molar-refractivity contribution in [1.29, 1.82) is 0 Å². The molecule has 0 amide bonds. The fourth-order valence-electron chi connectivity index (χ4n) is 4.74. The second-order valence-corrected chi connectivity index (χ2v) is 8.72. The lowest BCUT2D eigenvalue weighted by Crippen LogP contribution is -2.26. The van der Waals surface area contributed by atoms with E-state index in [1.165, 1.54) is 17.0 Å². The fourth-order valence-corrected chi connectivity index (χ4v) is 4.74. The second-order valence-electron chi connectivity index (χ2n) is 8.72. The van der Waals surface area contributed by atoms with Gasteiger partial charge in [0.1, 0.15) is 18.5 Å². The summed E-state index contributed by atoms with van der Waals surface area (Å²) in [5.74, 6) is 1.65. The van der Waals surface area contributed by atoms with E-state index >= 15 is 0 Å². The molecule has 0 bridgehead atoms. The molecule has 0 spiro atoms. The summed E-state index contributed by atoms with van der Waals surface area (Å²) < 4.78 is 13.3. The predicted octanol–water partition coefficient (Wildman–Crippen LogP) is 5.90. The number of H-pyrrole nitrogens is 2. The van der Waals surface area contributed by atoms with E-state index in [1.807, 2.05) is 24.3 Å². The quantitative estimate of drug-likeness (QED) is 0.390. The first-order chi connectivity index (χ1) is 15.4. The monoisotopic (exact) mass is 426 g/mol. The van der Waals surface area contributed by atoms with Crippen LogP contribution in [-0.4, -0.2) is 41.5 Å². The van der Waals surface area contributed by atoms with E-state index in [4.69, 9.17) is 9.47 Å². The Morgan fingerprint density at radius 3 is 2.41 bits per heavy atom. The molecule has 0 fully saturated rings. The van der Waals surface area contributed by atoms with Crippen molar-refractivity contribution in [2.75, 3.05) is 21.3 Å². The van der Waals surface area contributed by atoms with Gasteiger partial charge in [-0.25, -0.2) is 0 Å². The van der Waals surface area contributed by atoms with E-state index < -0.39 is 0 Å². The third-order valence-electron chi connectivity index (χ3n) is 6.50. The number of nitrogens with zero attached hydrogens (tertiary/aromatic N) is 1. The van der Waals surface area contributed by atoms with Crippen LogP contribution in [0.4, 0.5) is 5.69 Å². The largest absolute Gasteiger partial charge is 0.497 e. The minimum Gasteiger partial charge on any atom is -0.497 e.